The maximum absolute atomic E-state index is 12.0. The molecule has 1 rings (SSSR count). The van der Waals surface area contributed by atoms with Gasteiger partial charge in [0.15, 0.2) is 0 Å². The second kappa shape index (κ2) is 8.16. The lowest BCUT2D eigenvalue weighted by molar-refractivity contribution is -0.770. The SMILES string of the molecule is CCOCCO[C@@H]1C[C@H](C(=O)C(C)C)C[C@H]1O[N+](=O)[O-]. The first-order valence-electron chi connectivity index (χ1n) is 6.99. The van der Waals surface area contributed by atoms with Crippen LogP contribution in [-0.2, 0) is 19.1 Å². The van der Waals surface area contributed by atoms with E-state index >= 15 is 0 Å². The number of ketones is 1. The summed E-state index contributed by atoms with van der Waals surface area (Å²) in [6, 6.07) is 0. The molecule has 0 aromatic rings. The Kier molecular flexibility index (Phi) is 6.87. The molecule has 0 spiro atoms. The van der Waals surface area contributed by atoms with Crippen LogP contribution in [0.3, 0.4) is 0 Å². The molecule has 7 nitrogen and oxygen atoms in total. The van der Waals surface area contributed by atoms with Crippen LogP contribution in [0.2, 0.25) is 0 Å². The maximum atomic E-state index is 12.0. The van der Waals surface area contributed by atoms with Crippen molar-refractivity contribution in [2.24, 2.45) is 11.8 Å². The van der Waals surface area contributed by atoms with Gasteiger partial charge in [0.1, 0.15) is 11.9 Å². The van der Waals surface area contributed by atoms with E-state index < -0.39 is 17.3 Å². The number of rotatable bonds is 9. The van der Waals surface area contributed by atoms with E-state index in [0.717, 1.165) is 0 Å². The van der Waals surface area contributed by atoms with Crippen molar-refractivity contribution >= 4 is 5.78 Å². The lowest BCUT2D eigenvalue weighted by atomic mass is 9.94. The van der Waals surface area contributed by atoms with Gasteiger partial charge >= 0.3 is 0 Å². The highest BCUT2D eigenvalue weighted by Gasteiger charge is 2.41. The predicted molar refractivity (Wildman–Crippen MR) is 70.7 cm³/mol. The van der Waals surface area contributed by atoms with Gasteiger partial charge < -0.3 is 14.3 Å². The summed E-state index contributed by atoms with van der Waals surface area (Å²) in [6.07, 6.45) is -0.272. The maximum Gasteiger partial charge on any atom is 0.294 e. The van der Waals surface area contributed by atoms with Crippen LogP contribution in [0.4, 0.5) is 0 Å². The van der Waals surface area contributed by atoms with Gasteiger partial charge in [0, 0.05) is 18.4 Å². The highest BCUT2D eigenvalue weighted by molar-refractivity contribution is 5.83. The van der Waals surface area contributed by atoms with Crippen molar-refractivity contribution in [3.8, 4) is 0 Å². The van der Waals surface area contributed by atoms with Crippen molar-refractivity contribution in [3.05, 3.63) is 10.1 Å². The van der Waals surface area contributed by atoms with Crippen LogP contribution in [0, 0.1) is 22.0 Å². The Balaban J connectivity index is 2.54. The zero-order chi connectivity index (χ0) is 15.1. The molecule has 3 atom stereocenters. The number of carbonyl (C=O) groups is 1. The average molecular weight is 289 g/mol. The molecule has 0 aliphatic heterocycles. The van der Waals surface area contributed by atoms with E-state index in [1.165, 1.54) is 0 Å². The Labute approximate surface area is 118 Å². The van der Waals surface area contributed by atoms with Crippen LogP contribution in [-0.4, -0.2) is 42.9 Å². The summed E-state index contributed by atoms with van der Waals surface area (Å²) in [5.74, 6) is -0.201. The summed E-state index contributed by atoms with van der Waals surface area (Å²) < 4.78 is 10.7. The van der Waals surface area contributed by atoms with Crippen molar-refractivity contribution in [2.45, 2.75) is 45.8 Å². The van der Waals surface area contributed by atoms with Gasteiger partial charge in [-0.1, -0.05) is 13.8 Å². The lowest BCUT2D eigenvalue weighted by Gasteiger charge is -2.17. The van der Waals surface area contributed by atoms with Crippen LogP contribution in [0.1, 0.15) is 33.6 Å². The molecule has 0 unspecified atom stereocenters. The number of hydrogen-bond acceptors (Lipinski definition) is 6. The molecule has 7 heteroatoms. The Morgan fingerprint density at radius 2 is 1.95 bits per heavy atom. The molecule has 20 heavy (non-hydrogen) atoms. The van der Waals surface area contributed by atoms with E-state index in [0.29, 0.717) is 32.7 Å². The molecule has 1 saturated carbocycles. The number of nitrogens with zero attached hydrogens (tertiary/aromatic N) is 1. The third-order valence-corrected chi connectivity index (χ3v) is 3.40. The Bertz CT molecular complexity index is 333. The molecule has 0 aromatic heterocycles. The van der Waals surface area contributed by atoms with Gasteiger partial charge in [-0.3, -0.25) is 4.79 Å². The summed E-state index contributed by atoms with van der Waals surface area (Å²) >= 11 is 0. The molecule has 0 saturated heterocycles. The van der Waals surface area contributed by atoms with Crippen molar-refractivity contribution < 1.29 is 24.2 Å². The lowest BCUT2D eigenvalue weighted by Crippen LogP contribution is -2.29. The summed E-state index contributed by atoms with van der Waals surface area (Å²) in [5, 5.41) is 9.69. The topological polar surface area (TPSA) is 87.9 Å². The fourth-order valence-electron chi connectivity index (χ4n) is 2.46. The highest BCUT2D eigenvalue weighted by Crippen LogP contribution is 2.32. The molecule has 0 amide bonds. The van der Waals surface area contributed by atoms with E-state index in [1.807, 2.05) is 20.8 Å². The van der Waals surface area contributed by atoms with Crippen molar-refractivity contribution in [1.29, 1.82) is 0 Å². The Morgan fingerprint density at radius 1 is 1.30 bits per heavy atom. The first-order chi connectivity index (χ1) is 9.45. The smallest absolute Gasteiger partial charge is 0.294 e. The second-order valence-electron chi connectivity index (χ2n) is 5.20. The highest BCUT2D eigenvalue weighted by atomic mass is 17.0. The molecule has 0 aromatic carbocycles. The van der Waals surface area contributed by atoms with Gasteiger partial charge in [-0.2, -0.15) is 0 Å². The molecule has 1 fully saturated rings. The third kappa shape index (κ3) is 5.05. The molecule has 116 valence electrons. The van der Waals surface area contributed by atoms with Crippen molar-refractivity contribution in [3.63, 3.8) is 0 Å². The predicted octanol–water partition coefficient (Wildman–Crippen LogP) is 1.62. The van der Waals surface area contributed by atoms with Crippen LogP contribution in [0.25, 0.3) is 0 Å². The molecule has 0 heterocycles. The van der Waals surface area contributed by atoms with Crippen molar-refractivity contribution in [1.82, 2.24) is 0 Å². The van der Waals surface area contributed by atoms with E-state index in [4.69, 9.17) is 9.47 Å². The Hall–Kier alpha value is -1.21. The zero-order valence-electron chi connectivity index (χ0n) is 12.2. The Morgan fingerprint density at radius 3 is 2.50 bits per heavy atom. The minimum absolute atomic E-state index is 0.0848. The van der Waals surface area contributed by atoms with Gasteiger partial charge in [0.25, 0.3) is 5.09 Å². The summed E-state index contributed by atoms with van der Waals surface area (Å²) in [6.45, 7) is 6.91. The first kappa shape index (κ1) is 16.8. The summed E-state index contributed by atoms with van der Waals surface area (Å²) in [7, 11) is 0. The van der Waals surface area contributed by atoms with Crippen LogP contribution >= 0.6 is 0 Å². The largest absolute Gasteiger partial charge is 0.379 e. The van der Waals surface area contributed by atoms with E-state index in [9.17, 15) is 14.9 Å². The number of hydrogen-bond donors (Lipinski definition) is 0. The quantitative estimate of drug-likeness (QED) is 0.364. The fourth-order valence-corrected chi connectivity index (χ4v) is 2.46. The number of carbonyl (C=O) groups excluding carboxylic acids is 1. The van der Waals surface area contributed by atoms with Gasteiger partial charge in [0.05, 0.1) is 19.3 Å². The number of Topliss-reactive ketones (excluding diaryl/α,β-unsaturated/α-hetero) is 1. The molecule has 0 N–H and O–H groups in total. The van der Waals surface area contributed by atoms with Crippen LogP contribution in [0.15, 0.2) is 0 Å². The molecule has 0 bridgehead atoms. The van der Waals surface area contributed by atoms with Crippen LogP contribution in [0.5, 0.6) is 0 Å². The normalized spacial score (nSPS) is 25.9. The van der Waals surface area contributed by atoms with E-state index in [-0.39, 0.29) is 17.6 Å². The van der Waals surface area contributed by atoms with E-state index in [1.54, 1.807) is 0 Å². The second-order valence-corrected chi connectivity index (χ2v) is 5.20. The average Bonchev–Trinajstić information content (AvgIpc) is 2.76. The van der Waals surface area contributed by atoms with Gasteiger partial charge in [-0.15, -0.1) is 10.1 Å². The van der Waals surface area contributed by atoms with Crippen LogP contribution < -0.4 is 0 Å². The molecule has 1 aliphatic rings. The summed E-state index contributed by atoms with van der Waals surface area (Å²) in [4.78, 5) is 27.1. The number of ether oxygens (including phenoxy) is 2. The van der Waals surface area contributed by atoms with E-state index in [2.05, 4.69) is 4.84 Å². The van der Waals surface area contributed by atoms with Gasteiger partial charge in [0.2, 0.25) is 0 Å². The summed E-state index contributed by atoms with van der Waals surface area (Å²) in [5.41, 5.74) is 0. The molecular formula is C13H23NO6. The molecule has 1 aliphatic carbocycles. The molecule has 0 radical (unpaired) electrons. The monoisotopic (exact) mass is 289 g/mol. The standard InChI is InChI=1S/C13H23NO6/c1-4-18-5-6-19-11-7-10(13(15)9(2)3)8-12(11)20-14(16)17/h9-12H,4-8H2,1-3H3/t10-,11+,12+/m0/s1. The van der Waals surface area contributed by atoms with Gasteiger partial charge in [-0.25, -0.2) is 0 Å². The van der Waals surface area contributed by atoms with Crippen molar-refractivity contribution in [2.75, 3.05) is 19.8 Å². The zero-order valence-corrected chi connectivity index (χ0v) is 12.2. The fraction of sp³-hybridized carbons (Fsp3) is 0.923. The minimum atomic E-state index is -0.814. The third-order valence-electron chi connectivity index (χ3n) is 3.40. The first-order valence-corrected chi connectivity index (χ1v) is 6.99. The van der Waals surface area contributed by atoms with Gasteiger partial charge in [-0.05, 0) is 19.8 Å². The molecular weight excluding hydrogens is 266 g/mol. The minimum Gasteiger partial charge on any atom is -0.379 e.